The number of benzene rings is 1. The number of nitrogens with one attached hydrogen (secondary N) is 1. The first-order chi connectivity index (χ1) is 10.6. The van der Waals surface area contributed by atoms with Gasteiger partial charge < -0.3 is 10.2 Å². The minimum atomic E-state index is -0.152. The molecule has 1 aliphatic rings. The summed E-state index contributed by atoms with van der Waals surface area (Å²) >= 11 is 6.01. The van der Waals surface area contributed by atoms with E-state index in [4.69, 9.17) is 11.6 Å². The predicted octanol–water partition coefficient (Wildman–Crippen LogP) is 2.33. The van der Waals surface area contributed by atoms with E-state index in [1.807, 2.05) is 0 Å². The molecule has 116 valence electrons. The maximum absolute atomic E-state index is 12.1. The van der Waals surface area contributed by atoms with Crippen molar-refractivity contribution in [1.82, 2.24) is 10.2 Å². The summed E-state index contributed by atoms with van der Waals surface area (Å²) in [5.41, 5.74) is 0.495. The molecular weight excluding hydrogens is 300 g/mol. The second-order valence-electron chi connectivity index (χ2n) is 5.30. The second kappa shape index (κ2) is 7.86. The van der Waals surface area contributed by atoms with Crippen LogP contribution in [-0.4, -0.2) is 36.3 Å². The van der Waals surface area contributed by atoms with Crippen molar-refractivity contribution < 1.29 is 9.59 Å². The molecule has 1 aromatic rings. The Morgan fingerprint density at radius 1 is 1.32 bits per heavy atom. The number of rotatable bonds is 3. The summed E-state index contributed by atoms with van der Waals surface area (Å²) in [6.07, 6.45) is 1.75. The molecule has 4 nitrogen and oxygen atoms in total. The van der Waals surface area contributed by atoms with E-state index in [1.165, 1.54) is 0 Å². The molecule has 22 heavy (non-hydrogen) atoms. The van der Waals surface area contributed by atoms with E-state index in [9.17, 15) is 9.59 Å². The summed E-state index contributed by atoms with van der Waals surface area (Å²) < 4.78 is 0. The monoisotopic (exact) mass is 318 g/mol. The zero-order valence-electron chi connectivity index (χ0n) is 12.6. The van der Waals surface area contributed by atoms with Crippen LogP contribution >= 0.6 is 11.6 Å². The van der Waals surface area contributed by atoms with Gasteiger partial charge in [-0.3, -0.25) is 9.59 Å². The molecule has 5 heteroatoms. The maximum atomic E-state index is 12.1. The van der Waals surface area contributed by atoms with Crippen molar-refractivity contribution in [3.63, 3.8) is 0 Å². The minimum Gasteiger partial charge on any atom is -0.352 e. The first-order valence-corrected chi connectivity index (χ1v) is 7.74. The topological polar surface area (TPSA) is 49.4 Å². The molecule has 1 fully saturated rings. The van der Waals surface area contributed by atoms with Crippen LogP contribution in [0.5, 0.6) is 0 Å². The van der Waals surface area contributed by atoms with Crippen LogP contribution in [0.4, 0.5) is 0 Å². The second-order valence-corrected chi connectivity index (χ2v) is 5.71. The molecule has 1 saturated heterocycles. The van der Waals surface area contributed by atoms with Crippen molar-refractivity contribution in [2.75, 3.05) is 19.6 Å². The van der Waals surface area contributed by atoms with Crippen molar-refractivity contribution >= 4 is 23.4 Å². The maximum Gasteiger partial charge on any atom is 0.298 e. The fourth-order valence-electron chi connectivity index (χ4n) is 2.50. The van der Waals surface area contributed by atoms with E-state index in [-0.39, 0.29) is 11.8 Å². The third-order valence-electron chi connectivity index (χ3n) is 3.80. The summed E-state index contributed by atoms with van der Waals surface area (Å²) in [6.45, 7) is 3.65. The van der Waals surface area contributed by atoms with Crippen LogP contribution in [0.15, 0.2) is 24.3 Å². The van der Waals surface area contributed by atoms with Gasteiger partial charge in [0, 0.05) is 19.6 Å². The molecule has 1 aromatic carbocycles. The minimum absolute atomic E-state index is 0.110. The lowest BCUT2D eigenvalue weighted by Gasteiger charge is -2.30. The lowest BCUT2D eigenvalue weighted by molar-refractivity contribution is -0.126. The number of piperidine rings is 1. The summed E-state index contributed by atoms with van der Waals surface area (Å²) in [6, 6.07) is 7.00. The summed E-state index contributed by atoms with van der Waals surface area (Å²) in [5.74, 6) is 5.31. The van der Waals surface area contributed by atoms with Crippen LogP contribution < -0.4 is 5.32 Å². The Balaban J connectivity index is 1.79. The summed E-state index contributed by atoms with van der Waals surface area (Å²) in [5, 5.41) is 3.38. The van der Waals surface area contributed by atoms with Gasteiger partial charge in [0.2, 0.25) is 0 Å². The van der Waals surface area contributed by atoms with E-state index in [1.54, 1.807) is 36.1 Å². The molecule has 1 heterocycles. The fourth-order valence-corrected chi connectivity index (χ4v) is 2.73. The number of carbonyl (C=O) groups is 2. The third-order valence-corrected chi connectivity index (χ3v) is 4.13. The van der Waals surface area contributed by atoms with Crippen LogP contribution in [0.25, 0.3) is 0 Å². The molecule has 0 radical (unpaired) electrons. The van der Waals surface area contributed by atoms with Crippen LogP contribution in [0.1, 0.15) is 30.1 Å². The van der Waals surface area contributed by atoms with Crippen LogP contribution in [0.2, 0.25) is 5.02 Å². The van der Waals surface area contributed by atoms with Crippen molar-refractivity contribution in [2.24, 2.45) is 5.92 Å². The molecule has 1 N–H and O–H groups in total. The van der Waals surface area contributed by atoms with Crippen molar-refractivity contribution in [3.8, 4) is 11.8 Å². The van der Waals surface area contributed by atoms with Gasteiger partial charge in [-0.2, -0.15) is 0 Å². The largest absolute Gasteiger partial charge is 0.352 e. The number of carbonyl (C=O) groups excluding carboxylic acids is 2. The molecule has 1 aliphatic heterocycles. The molecule has 0 spiro atoms. The summed E-state index contributed by atoms with van der Waals surface area (Å²) in [7, 11) is 0. The normalized spacial score (nSPS) is 14.9. The number of nitrogens with zero attached hydrogens (tertiary/aromatic N) is 1. The zero-order chi connectivity index (χ0) is 15.9. The van der Waals surface area contributed by atoms with Crippen LogP contribution in [-0.2, 0) is 4.79 Å². The van der Waals surface area contributed by atoms with E-state index < -0.39 is 0 Å². The highest BCUT2D eigenvalue weighted by Crippen LogP contribution is 2.18. The molecule has 2 rings (SSSR count). The Bertz CT molecular complexity index is 611. The lowest BCUT2D eigenvalue weighted by atomic mass is 9.96. The van der Waals surface area contributed by atoms with Gasteiger partial charge in [-0.25, -0.2) is 0 Å². The SMILES string of the molecule is CC#CC(=O)N1CCC(CNC(=O)c2ccccc2Cl)CC1. The average molecular weight is 319 g/mol. The van der Waals surface area contributed by atoms with E-state index >= 15 is 0 Å². The van der Waals surface area contributed by atoms with Crippen molar-refractivity contribution in [2.45, 2.75) is 19.8 Å². The molecule has 0 aliphatic carbocycles. The zero-order valence-corrected chi connectivity index (χ0v) is 13.3. The highest BCUT2D eigenvalue weighted by atomic mass is 35.5. The first-order valence-electron chi connectivity index (χ1n) is 7.36. The highest BCUT2D eigenvalue weighted by Gasteiger charge is 2.22. The Labute approximate surface area is 135 Å². The van der Waals surface area contributed by atoms with Crippen molar-refractivity contribution in [1.29, 1.82) is 0 Å². The molecule has 0 saturated carbocycles. The quantitative estimate of drug-likeness (QED) is 0.870. The lowest BCUT2D eigenvalue weighted by Crippen LogP contribution is -2.41. The Kier molecular flexibility index (Phi) is 5.85. The fraction of sp³-hybridized carbons (Fsp3) is 0.412. The predicted molar refractivity (Wildman–Crippen MR) is 86.5 cm³/mol. The van der Waals surface area contributed by atoms with Gasteiger partial charge in [0.25, 0.3) is 11.8 Å². The average Bonchev–Trinajstić information content (AvgIpc) is 2.54. The molecule has 0 atom stereocenters. The molecule has 0 bridgehead atoms. The Hall–Kier alpha value is -1.99. The van der Waals surface area contributed by atoms with Gasteiger partial charge in [0.15, 0.2) is 0 Å². The van der Waals surface area contributed by atoms with Gasteiger partial charge in [-0.05, 0) is 43.7 Å². The smallest absolute Gasteiger partial charge is 0.298 e. The van der Waals surface area contributed by atoms with Gasteiger partial charge in [0.05, 0.1) is 10.6 Å². The van der Waals surface area contributed by atoms with Gasteiger partial charge in [-0.1, -0.05) is 29.7 Å². The number of hydrogen-bond acceptors (Lipinski definition) is 2. The summed E-state index contributed by atoms with van der Waals surface area (Å²) in [4.78, 5) is 25.5. The molecule has 0 aromatic heterocycles. The molecule has 0 unspecified atom stereocenters. The molecule has 2 amide bonds. The Morgan fingerprint density at radius 2 is 2.00 bits per heavy atom. The number of likely N-dealkylation sites (tertiary alicyclic amines) is 1. The third kappa shape index (κ3) is 4.25. The first kappa shape index (κ1) is 16.4. The number of amides is 2. The van der Waals surface area contributed by atoms with Crippen LogP contribution in [0.3, 0.4) is 0 Å². The number of halogens is 1. The van der Waals surface area contributed by atoms with E-state index in [0.717, 1.165) is 12.8 Å². The highest BCUT2D eigenvalue weighted by molar-refractivity contribution is 6.33. The molecular formula is C17H19ClN2O2. The van der Waals surface area contributed by atoms with E-state index in [2.05, 4.69) is 17.2 Å². The van der Waals surface area contributed by atoms with Gasteiger partial charge >= 0.3 is 0 Å². The van der Waals surface area contributed by atoms with Gasteiger partial charge in [-0.15, -0.1) is 0 Å². The standard InChI is InChI=1S/C17H19ClN2O2/c1-2-5-16(21)20-10-8-13(9-11-20)12-19-17(22)14-6-3-4-7-15(14)18/h3-4,6-7,13H,8-12H2,1H3,(H,19,22). The van der Waals surface area contributed by atoms with Crippen molar-refractivity contribution in [3.05, 3.63) is 34.9 Å². The van der Waals surface area contributed by atoms with Crippen LogP contribution in [0, 0.1) is 17.8 Å². The number of hydrogen-bond donors (Lipinski definition) is 1. The Morgan fingerprint density at radius 3 is 2.64 bits per heavy atom. The van der Waals surface area contributed by atoms with E-state index in [0.29, 0.717) is 36.1 Å². The van der Waals surface area contributed by atoms with Gasteiger partial charge in [0.1, 0.15) is 0 Å².